The van der Waals surface area contributed by atoms with Crippen LogP contribution >= 0.6 is 0 Å². The summed E-state index contributed by atoms with van der Waals surface area (Å²) in [6.07, 6.45) is -3.89. The molecular formula is C24H24F5N3O4. The van der Waals surface area contributed by atoms with E-state index in [1.54, 1.807) is 0 Å². The van der Waals surface area contributed by atoms with Gasteiger partial charge < -0.3 is 20.5 Å². The third-order valence-corrected chi connectivity index (χ3v) is 6.98. The van der Waals surface area contributed by atoms with Crippen molar-refractivity contribution in [2.75, 3.05) is 5.32 Å². The number of nitrogens with zero attached hydrogens (tertiary/aromatic N) is 1. The first-order valence-corrected chi connectivity index (χ1v) is 11.3. The highest BCUT2D eigenvalue weighted by molar-refractivity contribution is 5.97. The van der Waals surface area contributed by atoms with Gasteiger partial charge in [-0.25, -0.2) is 4.39 Å². The summed E-state index contributed by atoms with van der Waals surface area (Å²) in [6, 6.07) is 4.37. The van der Waals surface area contributed by atoms with E-state index in [0.717, 1.165) is 31.5 Å². The van der Waals surface area contributed by atoms with Crippen LogP contribution in [0.15, 0.2) is 30.5 Å². The summed E-state index contributed by atoms with van der Waals surface area (Å²) in [5.41, 5.74) is 2.16. The third-order valence-electron chi connectivity index (χ3n) is 6.98. The average molecular weight is 513 g/mol. The predicted octanol–water partition coefficient (Wildman–Crippen LogP) is 4.47. The van der Waals surface area contributed by atoms with Crippen LogP contribution in [0.3, 0.4) is 0 Å². The number of pyridine rings is 1. The van der Waals surface area contributed by atoms with Gasteiger partial charge >= 0.3 is 6.18 Å². The number of nitrogens with one attached hydrogen (secondary N) is 1. The van der Waals surface area contributed by atoms with Gasteiger partial charge in [0.25, 0.3) is 11.8 Å². The second-order valence-electron chi connectivity index (χ2n) is 9.19. The Kier molecular flexibility index (Phi) is 6.67. The monoisotopic (exact) mass is 513 g/mol. The van der Waals surface area contributed by atoms with Gasteiger partial charge in [-0.15, -0.1) is 0 Å². The number of hydrogen-bond acceptors (Lipinski definition) is 5. The Balaban J connectivity index is 1.76. The molecule has 1 aliphatic carbocycles. The summed E-state index contributed by atoms with van der Waals surface area (Å²) in [5, 5.41) is 2.41. The molecule has 194 valence electrons. The average Bonchev–Trinajstić information content (AvgIpc) is 3.05. The maximum absolute atomic E-state index is 14.9. The standard InChI is InChI=1S/C24H24F5N3O4/c1-11-17(14-6-7-15(25)18(26)19(14)35-13-4-3-5-13)20(36-23(11,2)24(27,28)29)22(34)32-12-8-9-31-16(10-12)21(30)33/h6-11,13,17,20H,3-5H2,1-2H3,(H2,30,33)(H,31,32,34)/t11-,17+,20+,23-/m1/s1. The van der Waals surface area contributed by atoms with E-state index in [0.29, 0.717) is 12.8 Å². The van der Waals surface area contributed by atoms with E-state index < -0.39 is 65.0 Å². The number of anilines is 1. The number of alkyl halides is 3. The van der Waals surface area contributed by atoms with E-state index in [1.807, 2.05) is 0 Å². The Labute approximate surface area is 203 Å². The molecule has 3 N–H and O–H groups in total. The van der Waals surface area contributed by atoms with Crippen LogP contribution in [0.5, 0.6) is 5.75 Å². The molecule has 1 saturated carbocycles. The third kappa shape index (κ3) is 4.49. The fourth-order valence-corrected chi connectivity index (χ4v) is 4.46. The predicted molar refractivity (Wildman–Crippen MR) is 117 cm³/mol. The lowest BCUT2D eigenvalue weighted by Crippen LogP contribution is -2.47. The Bertz CT molecular complexity index is 1190. The first kappa shape index (κ1) is 25.8. The lowest BCUT2D eigenvalue weighted by molar-refractivity contribution is -0.272. The van der Waals surface area contributed by atoms with Crippen molar-refractivity contribution in [3.63, 3.8) is 0 Å². The minimum absolute atomic E-state index is 0.0376. The number of nitrogens with two attached hydrogens (primary N) is 1. The molecule has 2 aromatic rings. The van der Waals surface area contributed by atoms with Gasteiger partial charge in [0, 0.05) is 29.3 Å². The van der Waals surface area contributed by atoms with Crippen LogP contribution in [0, 0.1) is 17.6 Å². The highest BCUT2D eigenvalue weighted by atomic mass is 19.4. The van der Waals surface area contributed by atoms with Gasteiger partial charge in [0.1, 0.15) is 11.8 Å². The van der Waals surface area contributed by atoms with Gasteiger partial charge in [-0.3, -0.25) is 14.6 Å². The van der Waals surface area contributed by atoms with Gasteiger partial charge in [-0.1, -0.05) is 13.0 Å². The molecule has 12 heteroatoms. The molecule has 0 unspecified atom stereocenters. The lowest BCUT2D eigenvalue weighted by atomic mass is 9.76. The van der Waals surface area contributed by atoms with Gasteiger partial charge in [-0.2, -0.15) is 17.6 Å². The zero-order chi connectivity index (χ0) is 26.4. The first-order valence-electron chi connectivity index (χ1n) is 11.3. The van der Waals surface area contributed by atoms with Crippen LogP contribution in [0.2, 0.25) is 0 Å². The van der Waals surface area contributed by atoms with Crippen molar-refractivity contribution in [1.29, 1.82) is 0 Å². The normalized spacial score (nSPS) is 26.4. The highest BCUT2D eigenvalue weighted by Gasteiger charge is 2.66. The molecule has 2 heterocycles. The molecule has 4 atom stereocenters. The molecule has 4 rings (SSSR count). The fraction of sp³-hybridized carbons (Fsp3) is 0.458. The topological polar surface area (TPSA) is 104 Å². The Morgan fingerprint density at radius 1 is 1.22 bits per heavy atom. The largest absolute Gasteiger partial charge is 0.487 e. The molecule has 0 bridgehead atoms. The summed E-state index contributed by atoms with van der Waals surface area (Å²) >= 11 is 0. The maximum Gasteiger partial charge on any atom is 0.417 e. The smallest absolute Gasteiger partial charge is 0.417 e. The summed E-state index contributed by atoms with van der Waals surface area (Å²) in [6.45, 7) is 2.04. The van der Waals surface area contributed by atoms with Crippen LogP contribution in [-0.2, 0) is 9.53 Å². The number of amides is 2. The van der Waals surface area contributed by atoms with Crippen molar-refractivity contribution in [3.05, 3.63) is 53.4 Å². The Morgan fingerprint density at radius 2 is 1.92 bits per heavy atom. The summed E-state index contributed by atoms with van der Waals surface area (Å²) in [5.74, 6) is -7.69. The molecule has 2 fully saturated rings. The zero-order valence-electron chi connectivity index (χ0n) is 19.4. The van der Waals surface area contributed by atoms with E-state index in [2.05, 4.69) is 10.3 Å². The molecule has 1 aliphatic heterocycles. The van der Waals surface area contributed by atoms with Crippen molar-refractivity contribution in [2.45, 2.75) is 63.0 Å². The summed E-state index contributed by atoms with van der Waals surface area (Å²) in [7, 11) is 0. The minimum atomic E-state index is -4.89. The second kappa shape index (κ2) is 9.30. The van der Waals surface area contributed by atoms with E-state index in [1.165, 1.54) is 19.2 Å². The fourth-order valence-electron chi connectivity index (χ4n) is 4.46. The number of benzene rings is 1. The molecule has 2 aliphatic rings. The van der Waals surface area contributed by atoms with Crippen LogP contribution in [0.4, 0.5) is 27.6 Å². The number of halogens is 5. The number of ether oxygens (including phenoxy) is 2. The van der Waals surface area contributed by atoms with Crippen LogP contribution in [0.25, 0.3) is 0 Å². The van der Waals surface area contributed by atoms with Crippen molar-refractivity contribution >= 4 is 17.5 Å². The number of carbonyl (C=O) groups is 2. The van der Waals surface area contributed by atoms with Crippen LogP contribution in [0.1, 0.15) is 55.1 Å². The van der Waals surface area contributed by atoms with E-state index in [-0.39, 0.29) is 16.9 Å². The van der Waals surface area contributed by atoms with Gasteiger partial charge in [0.2, 0.25) is 5.82 Å². The van der Waals surface area contributed by atoms with Crippen molar-refractivity contribution in [3.8, 4) is 5.75 Å². The van der Waals surface area contributed by atoms with Crippen molar-refractivity contribution < 1.29 is 41.0 Å². The molecule has 7 nitrogen and oxygen atoms in total. The molecule has 36 heavy (non-hydrogen) atoms. The Morgan fingerprint density at radius 3 is 2.50 bits per heavy atom. The molecule has 1 saturated heterocycles. The molecule has 2 amide bonds. The molecule has 0 radical (unpaired) electrons. The number of rotatable bonds is 6. The van der Waals surface area contributed by atoms with E-state index in [9.17, 15) is 31.5 Å². The first-order chi connectivity index (χ1) is 16.8. The van der Waals surface area contributed by atoms with Crippen LogP contribution in [-0.4, -0.2) is 40.8 Å². The number of carbonyl (C=O) groups excluding carboxylic acids is 2. The minimum Gasteiger partial charge on any atom is -0.487 e. The number of primary amides is 1. The SMILES string of the molecule is C[C@@H]1[C@@H](c2ccc(F)c(F)c2OC2CCC2)[C@@H](C(=O)Nc2ccnc(C(N)=O)c2)O[C@@]1(C)C(F)(F)F. The molecule has 1 aromatic heterocycles. The van der Waals surface area contributed by atoms with Gasteiger partial charge in [0.05, 0.1) is 6.10 Å². The van der Waals surface area contributed by atoms with Crippen molar-refractivity contribution in [1.82, 2.24) is 4.98 Å². The number of aromatic nitrogens is 1. The summed E-state index contributed by atoms with van der Waals surface area (Å²) in [4.78, 5) is 28.4. The zero-order valence-corrected chi connectivity index (χ0v) is 19.4. The maximum atomic E-state index is 14.9. The highest BCUT2D eigenvalue weighted by Crippen LogP contribution is 2.55. The number of hydrogen-bond donors (Lipinski definition) is 2. The quantitative estimate of drug-likeness (QED) is 0.555. The lowest BCUT2D eigenvalue weighted by Gasteiger charge is -2.32. The van der Waals surface area contributed by atoms with Gasteiger partial charge in [-0.05, 0) is 44.4 Å². The van der Waals surface area contributed by atoms with E-state index in [4.69, 9.17) is 15.2 Å². The van der Waals surface area contributed by atoms with Crippen LogP contribution < -0.4 is 15.8 Å². The Hall–Kier alpha value is -3.28. The van der Waals surface area contributed by atoms with Gasteiger partial charge in [0.15, 0.2) is 17.2 Å². The molecule has 1 aromatic carbocycles. The van der Waals surface area contributed by atoms with E-state index >= 15 is 0 Å². The second-order valence-corrected chi connectivity index (χ2v) is 9.19. The van der Waals surface area contributed by atoms with Crippen molar-refractivity contribution in [2.24, 2.45) is 11.7 Å². The molecular weight excluding hydrogens is 489 g/mol. The molecule has 0 spiro atoms. The summed E-state index contributed by atoms with van der Waals surface area (Å²) < 4.78 is 82.4.